The number of aliphatic hydroxyl groups excluding tert-OH is 1. The SMILES string of the molecule is C/C(=N\OCCO)c1ccc(=N)n(C(=N)Sc2ccc3ncc(N4CCN(C)CC4)cc3c2)c1. The van der Waals surface area contributed by atoms with E-state index in [2.05, 4.69) is 33.1 Å². The van der Waals surface area contributed by atoms with Crippen LogP contribution < -0.4 is 10.4 Å². The molecule has 178 valence electrons. The number of anilines is 1. The average Bonchev–Trinajstić information content (AvgIpc) is 2.84. The number of hydrogen-bond acceptors (Lipinski definition) is 9. The highest BCUT2D eigenvalue weighted by molar-refractivity contribution is 8.13. The molecule has 0 amide bonds. The van der Waals surface area contributed by atoms with Crippen LogP contribution in [0.25, 0.3) is 10.9 Å². The number of benzene rings is 1. The van der Waals surface area contributed by atoms with E-state index in [1.54, 1.807) is 25.3 Å². The second kappa shape index (κ2) is 10.8. The molecule has 3 aromatic rings. The van der Waals surface area contributed by atoms with Crippen LogP contribution in [0, 0.1) is 10.8 Å². The van der Waals surface area contributed by atoms with Crippen LogP contribution in [0.3, 0.4) is 0 Å². The number of likely N-dealkylation sites (N-methyl/N-ethyl adjacent to an activating group) is 1. The zero-order chi connectivity index (χ0) is 24.1. The van der Waals surface area contributed by atoms with Gasteiger partial charge < -0.3 is 19.7 Å². The Hall–Kier alpha value is -3.21. The van der Waals surface area contributed by atoms with Gasteiger partial charge in [-0.2, -0.15) is 0 Å². The van der Waals surface area contributed by atoms with Crippen molar-refractivity contribution >= 4 is 39.2 Å². The molecule has 2 aromatic heterocycles. The number of pyridine rings is 2. The third-order valence-corrected chi connectivity index (χ3v) is 6.57. The highest BCUT2D eigenvalue weighted by atomic mass is 32.2. The van der Waals surface area contributed by atoms with Gasteiger partial charge in [0.2, 0.25) is 0 Å². The van der Waals surface area contributed by atoms with Crippen molar-refractivity contribution in [3.8, 4) is 0 Å². The molecular weight excluding hydrogens is 450 g/mol. The highest BCUT2D eigenvalue weighted by Crippen LogP contribution is 2.27. The summed E-state index contributed by atoms with van der Waals surface area (Å²) in [6, 6.07) is 11.5. The van der Waals surface area contributed by atoms with E-state index in [0.29, 0.717) is 5.71 Å². The standard InChI is InChI=1S/C24H29N7O2S/c1-17(28-33-12-11-32)18-3-6-23(25)31(16-18)24(26)34-21-4-5-22-19(14-21)13-20(15-27-22)30-9-7-29(2)8-10-30/h3-6,13-16,25-26,32H,7-12H2,1-2H3/b25-23?,26-24?,28-17+. The molecule has 4 rings (SSSR count). The summed E-state index contributed by atoms with van der Waals surface area (Å²) in [5, 5.41) is 30.9. The summed E-state index contributed by atoms with van der Waals surface area (Å²) in [7, 11) is 2.14. The Bertz CT molecular complexity index is 1270. The summed E-state index contributed by atoms with van der Waals surface area (Å²) < 4.78 is 1.51. The first-order chi connectivity index (χ1) is 16.4. The van der Waals surface area contributed by atoms with Crippen molar-refractivity contribution in [1.82, 2.24) is 14.5 Å². The molecule has 0 atom stereocenters. The summed E-state index contributed by atoms with van der Waals surface area (Å²) in [6.07, 6.45) is 3.64. The number of nitrogens with zero attached hydrogens (tertiary/aromatic N) is 5. The normalized spacial score (nSPS) is 15.0. The van der Waals surface area contributed by atoms with Gasteiger partial charge in [0.1, 0.15) is 12.1 Å². The number of aromatic nitrogens is 2. The first-order valence-electron chi connectivity index (χ1n) is 11.1. The minimum Gasteiger partial charge on any atom is -0.393 e. The zero-order valence-electron chi connectivity index (χ0n) is 19.4. The highest BCUT2D eigenvalue weighted by Gasteiger charge is 2.15. The maximum atomic E-state index is 8.84. The molecule has 1 aromatic carbocycles. The maximum Gasteiger partial charge on any atom is 0.171 e. The quantitative estimate of drug-likeness (QED) is 0.165. The lowest BCUT2D eigenvalue weighted by molar-refractivity contribution is 0.0986. The Balaban J connectivity index is 1.54. The van der Waals surface area contributed by atoms with Gasteiger partial charge in [0.05, 0.1) is 29.7 Å². The molecule has 0 unspecified atom stereocenters. The first-order valence-corrected chi connectivity index (χ1v) is 11.9. The molecule has 0 spiro atoms. The van der Waals surface area contributed by atoms with Crippen LogP contribution in [-0.4, -0.2) is 76.9 Å². The number of oxime groups is 1. The molecule has 0 bridgehead atoms. The van der Waals surface area contributed by atoms with E-state index in [-0.39, 0.29) is 23.9 Å². The molecule has 3 heterocycles. The lowest BCUT2D eigenvalue weighted by atomic mass is 10.2. The van der Waals surface area contributed by atoms with Crippen molar-refractivity contribution in [1.29, 1.82) is 10.8 Å². The Morgan fingerprint density at radius 2 is 1.97 bits per heavy atom. The molecule has 0 saturated carbocycles. The summed E-state index contributed by atoms with van der Waals surface area (Å²) in [6.45, 7) is 5.83. The number of rotatable bonds is 6. The van der Waals surface area contributed by atoms with Gasteiger partial charge in [0.25, 0.3) is 0 Å². The lowest BCUT2D eigenvalue weighted by Gasteiger charge is -2.33. The van der Waals surface area contributed by atoms with Crippen LogP contribution in [0.15, 0.2) is 58.8 Å². The Labute approximate surface area is 202 Å². The van der Waals surface area contributed by atoms with Crippen LogP contribution >= 0.6 is 11.8 Å². The van der Waals surface area contributed by atoms with Crippen LogP contribution in [0.2, 0.25) is 0 Å². The van der Waals surface area contributed by atoms with E-state index in [1.165, 1.54) is 16.3 Å². The van der Waals surface area contributed by atoms with Crippen LogP contribution in [0.4, 0.5) is 5.69 Å². The molecule has 10 heteroatoms. The van der Waals surface area contributed by atoms with Crippen LogP contribution in [-0.2, 0) is 4.84 Å². The fourth-order valence-corrected chi connectivity index (χ4v) is 4.47. The fraction of sp³-hybridized carbons (Fsp3) is 0.333. The number of hydrogen-bond donors (Lipinski definition) is 3. The van der Waals surface area contributed by atoms with Crippen LogP contribution in [0.5, 0.6) is 0 Å². The molecule has 0 aliphatic carbocycles. The number of piperazine rings is 1. The fourth-order valence-electron chi connectivity index (χ4n) is 3.68. The average molecular weight is 480 g/mol. The minimum atomic E-state index is -0.109. The van der Waals surface area contributed by atoms with Gasteiger partial charge in [-0.15, -0.1) is 0 Å². The number of nitrogens with one attached hydrogen (secondary N) is 2. The molecule has 1 aliphatic heterocycles. The van der Waals surface area contributed by atoms with Gasteiger partial charge in [-0.1, -0.05) is 16.9 Å². The van der Waals surface area contributed by atoms with Gasteiger partial charge in [0.15, 0.2) is 5.17 Å². The molecule has 1 aliphatic rings. The molecule has 1 saturated heterocycles. The van der Waals surface area contributed by atoms with Crippen molar-refractivity contribution < 1.29 is 9.94 Å². The third kappa shape index (κ3) is 5.64. The van der Waals surface area contributed by atoms with E-state index in [9.17, 15) is 0 Å². The second-order valence-corrected chi connectivity index (χ2v) is 9.21. The number of aliphatic hydroxyl groups is 1. The van der Waals surface area contributed by atoms with E-state index in [4.69, 9.17) is 20.8 Å². The predicted molar refractivity (Wildman–Crippen MR) is 136 cm³/mol. The molecule has 34 heavy (non-hydrogen) atoms. The Morgan fingerprint density at radius 1 is 1.18 bits per heavy atom. The first kappa shape index (κ1) is 23.9. The molecule has 0 radical (unpaired) electrons. The van der Waals surface area contributed by atoms with Crippen molar-refractivity contribution in [2.24, 2.45) is 5.16 Å². The van der Waals surface area contributed by atoms with Gasteiger partial charge >= 0.3 is 0 Å². The van der Waals surface area contributed by atoms with Gasteiger partial charge in [-0.05, 0) is 50.4 Å². The van der Waals surface area contributed by atoms with E-state index >= 15 is 0 Å². The molecule has 3 N–H and O–H groups in total. The summed E-state index contributed by atoms with van der Waals surface area (Å²) in [5.41, 5.74) is 3.57. The summed E-state index contributed by atoms with van der Waals surface area (Å²) in [5.74, 6) is 0. The lowest BCUT2D eigenvalue weighted by Crippen LogP contribution is -2.44. The molecule has 1 fully saturated rings. The molecule has 9 nitrogen and oxygen atoms in total. The predicted octanol–water partition coefficient (Wildman–Crippen LogP) is 2.58. The largest absolute Gasteiger partial charge is 0.393 e. The minimum absolute atomic E-state index is 0.109. The summed E-state index contributed by atoms with van der Waals surface area (Å²) in [4.78, 5) is 15.3. The van der Waals surface area contributed by atoms with Crippen LogP contribution in [0.1, 0.15) is 12.5 Å². The molecular formula is C24H29N7O2S. The van der Waals surface area contributed by atoms with E-state index in [1.807, 2.05) is 24.4 Å². The van der Waals surface area contributed by atoms with Crippen molar-refractivity contribution in [2.45, 2.75) is 11.8 Å². The van der Waals surface area contributed by atoms with Gasteiger partial charge in [0, 0.05) is 48.2 Å². The topological polar surface area (TPSA) is 114 Å². The monoisotopic (exact) mass is 479 g/mol. The van der Waals surface area contributed by atoms with Gasteiger partial charge in [-0.25, -0.2) is 0 Å². The second-order valence-electron chi connectivity index (χ2n) is 8.15. The van der Waals surface area contributed by atoms with E-state index in [0.717, 1.165) is 53.2 Å². The number of fused-ring (bicyclic) bond motifs is 1. The number of thioether (sulfide) groups is 1. The Morgan fingerprint density at radius 3 is 2.74 bits per heavy atom. The maximum absolute atomic E-state index is 8.84. The van der Waals surface area contributed by atoms with Crippen molar-refractivity contribution in [3.05, 3.63) is 59.8 Å². The van der Waals surface area contributed by atoms with Crippen molar-refractivity contribution in [3.63, 3.8) is 0 Å². The summed E-state index contributed by atoms with van der Waals surface area (Å²) >= 11 is 1.28. The zero-order valence-corrected chi connectivity index (χ0v) is 20.2. The smallest absolute Gasteiger partial charge is 0.171 e. The van der Waals surface area contributed by atoms with E-state index < -0.39 is 0 Å². The Kier molecular flexibility index (Phi) is 7.61. The van der Waals surface area contributed by atoms with Gasteiger partial charge in [-0.3, -0.25) is 20.4 Å². The third-order valence-electron chi connectivity index (χ3n) is 5.69. The van der Waals surface area contributed by atoms with Crippen molar-refractivity contribution in [2.75, 3.05) is 51.3 Å².